The number of hydrogen-bond acceptors (Lipinski definition) is 0. The van der Waals surface area contributed by atoms with E-state index in [2.05, 4.69) is 76.2 Å². The van der Waals surface area contributed by atoms with Crippen molar-refractivity contribution in [3.05, 3.63) is 81.9 Å². The molecule has 4 unspecified atom stereocenters. The fourth-order valence-electron chi connectivity index (χ4n) is 9.31. The molecule has 4 aliphatic rings. The van der Waals surface area contributed by atoms with E-state index in [1.807, 2.05) is 11.1 Å². The van der Waals surface area contributed by atoms with Crippen LogP contribution < -0.4 is 0 Å². The van der Waals surface area contributed by atoms with E-state index in [1.54, 1.807) is 11.1 Å². The van der Waals surface area contributed by atoms with E-state index in [0.717, 1.165) is 35.5 Å². The summed E-state index contributed by atoms with van der Waals surface area (Å²) in [5, 5.41) is 0. The molecule has 2 fully saturated rings. The van der Waals surface area contributed by atoms with E-state index in [0.29, 0.717) is 11.8 Å². The topological polar surface area (TPSA) is 0 Å². The van der Waals surface area contributed by atoms with E-state index in [4.69, 9.17) is 0 Å². The zero-order valence-corrected chi connectivity index (χ0v) is 24.7. The Hall–Kier alpha value is -1.82. The van der Waals surface area contributed by atoms with Gasteiger partial charge < -0.3 is 0 Å². The minimum atomic E-state index is 0.612. The molecule has 6 rings (SSSR count). The van der Waals surface area contributed by atoms with Gasteiger partial charge >= 0.3 is 0 Å². The summed E-state index contributed by atoms with van der Waals surface area (Å²) in [5.74, 6) is 6.64. The van der Waals surface area contributed by atoms with Crippen LogP contribution in [-0.2, 0) is 0 Å². The fourth-order valence-corrected chi connectivity index (χ4v) is 9.31. The SMILES string of the molecule is Cc1ccc(C2CCC(C3CCC(C)CC3)C3=C2C(c2ccc(C)cc2)CCC3C2CCC(C)CC2)cc1. The first-order valence-electron chi connectivity index (χ1n) is 16.3. The molecule has 204 valence electrons. The average Bonchev–Trinajstić information content (AvgIpc) is 2.94. The molecule has 38 heavy (non-hydrogen) atoms. The minimum absolute atomic E-state index is 0.612. The maximum absolute atomic E-state index is 2.50. The predicted octanol–water partition coefficient (Wildman–Crippen LogP) is 10.9. The molecule has 0 N–H and O–H groups in total. The Labute approximate surface area is 233 Å². The normalized spacial score (nSPS) is 36.1. The summed E-state index contributed by atoms with van der Waals surface area (Å²) >= 11 is 0. The van der Waals surface area contributed by atoms with Gasteiger partial charge in [0.05, 0.1) is 0 Å². The van der Waals surface area contributed by atoms with Crippen molar-refractivity contribution in [3.8, 4) is 0 Å². The third kappa shape index (κ3) is 5.31. The molecule has 0 spiro atoms. The predicted molar refractivity (Wildman–Crippen MR) is 163 cm³/mol. The summed E-state index contributed by atoms with van der Waals surface area (Å²) < 4.78 is 0. The maximum Gasteiger partial charge on any atom is 0.00574 e. The number of rotatable bonds is 4. The summed E-state index contributed by atoms with van der Waals surface area (Å²) in [4.78, 5) is 0. The van der Waals surface area contributed by atoms with Crippen molar-refractivity contribution >= 4 is 0 Å². The molecule has 2 saturated carbocycles. The van der Waals surface area contributed by atoms with Gasteiger partial charge in [-0.15, -0.1) is 0 Å². The first kappa shape index (κ1) is 26.4. The van der Waals surface area contributed by atoms with Crippen molar-refractivity contribution in [1.82, 2.24) is 0 Å². The van der Waals surface area contributed by atoms with E-state index in [1.165, 1.54) is 88.2 Å². The summed E-state index contributed by atoms with van der Waals surface area (Å²) in [6.45, 7) is 9.47. The van der Waals surface area contributed by atoms with Crippen molar-refractivity contribution in [2.24, 2.45) is 35.5 Å². The first-order chi connectivity index (χ1) is 18.5. The smallest absolute Gasteiger partial charge is 0.00574 e. The van der Waals surface area contributed by atoms with Crippen molar-refractivity contribution in [3.63, 3.8) is 0 Å². The van der Waals surface area contributed by atoms with E-state index < -0.39 is 0 Å². The first-order valence-corrected chi connectivity index (χ1v) is 16.3. The van der Waals surface area contributed by atoms with Gasteiger partial charge in [0.2, 0.25) is 0 Å². The lowest BCUT2D eigenvalue weighted by atomic mass is 9.54. The average molecular weight is 509 g/mol. The van der Waals surface area contributed by atoms with Crippen LogP contribution in [-0.4, -0.2) is 0 Å². The zero-order chi connectivity index (χ0) is 26.2. The molecule has 4 atom stereocenters. The van der Waals surface area contributed by atoms with Crippen LogP contribution in [0.15, 0.2) is 59.7 Å². The Kier molecular flexibility index (Phi) is 7.89. The highest BCUT2D eigenvalue weighted by Crippen LogP contribution is 2.59. The van der Waals surface area contributed by atoms with E-state index >= 15 is 0 Å². The minimum Gasteiger partial charge on any atom is -0.0630 e. The van der Waals surface area contributed by atoms with Crippen LogP contribution in [0.2, 0.25) is 0 Å². The number of hydrogen-bond donors (Lipinski definition) is 0. The van der Waals surface area contributed by atoms with Crippen LogP contribution in [0.3, 0.4) is 0 Å². The van der Waals surface area contributed by atoms with Crippen LogP contribution in [0.25, 0.3) is 0 Å². The van der Waals surface area contributed by atoms with Gasteiger partial charge in [-0.05, 0) is 112 Å². The quantitative estimate of drug-likeness (QED) is 0.360. The second-order valence-corrected chi connectivity index (χ2v) is 14.2. The van der Waals surface area contributed by atoms with Gasteiger partial charge in [0, 0.05) is 11.8 Å². The van der Waals surface area contributed by atoms with Crippen molar-refractivity contribution in [2.75, 3.05) is 0 Å². The summed E-state index contributed by atoms with van der Waals surface area (Å²) in [6.07, 6.45) is 17.3. The van der Waals surface area contributed by atoms with Gasteiger partial charge in [0.15, 0.2) is 0 Å². The Balaban J connectivity index is 1.48. The van der Waals surface area contributed by atoms with Gasteiger partial charge in [0.1, 0.15) is 0 Å². The van der Waals surface area contributed by atoms with Gasteiger partial charge in [0.25, 0.3) is 0 Å². The molecule has 0 radical (unpaired) electrons. The Morgan fingerprint density at radius 3 is 1.16 bits per heavy atom. The lowest BCUT2D eigenvalue weighted by Gasteiger charge is -2.50. The monoisotopic (exact) mass is 508 g/mol. The van der Waals surface area contributed by atoms with Gasteiger partial charge in [-0.3, -0.25) is 0 Å². The highest BCUT2D eigenvalue weighted by atomic mass is 14.5. The number of aryl methyl sites for hydroxylation is 2. The molecular weight excluding hydrogens is 456 g/mol. The number of allylic oxidation sites excluding steroid dienone is 2. The van der Waals surface area contributed by atoms with E-state index in [9.17, 15) is 0 Å². The van der Waals surface area contributed by atoms with Gasteiger partial charge in [-0.1, -0.05) is 110 Å². The Bertz CT molecular complexity index is 998. The van der Waals surface area contributed by atoms with Crippen molar-refractivity contribution < 1.29 is 0 Å². The van der Waals surface area contributed by atoms with Gasteiger partial charge in [-0.2, -0.15) is 0 Å². The third-order valence-corrected chi connectivity index (χ3v) is 11.6. The van der Waals surface area contributed by atoms with Crippen molar-refractivity contribution in [2.45, 2.75) is 117 Å². The number of benzene rings is 2. The van der Waals surface area contributed by atoms with Crippen LogP contribution >= 0.6 is 0 Å². The molecule has 0 aliphatic heterocycles. The summed E-state index contributed by atoms with van der Waals surface area (Å²) in [5.41, 5.74) is 9.88. The molecule has 0 nitrogen and oxygen atoms in total. The molecule has 0 amide bonds. The summed E-state index contributed by atoms with van der Waals surface area (Å²) in [6, 6.07) is 19.4. The Morgan fingerprint density at radius 1 is 0.421 bits per heavy atom. The standard InChI is InChI=1S/C38H52/c1-25-5-13-29(14-6-25)33-21-22-35(31-17-9-27(3)10-18-31)38-36(32-19-11-28(4)12-20-32)24-23-34(37(33)38)30-15-7-26(2)8-16-30/h5-8,13-16,27-28,31-36H,9-12,17-24H2,1-4H3. The molecule has 2 aromatic carbocycles. The third-order valence-electron chi connectivity index (χ3n) is 11.6. The lowest BCUT2D eigenvalue weighted by molar-refractivity contribution is 0.156. The Morgan fingerprint density at radius 2 is 0.789 bits per heavy atom. The molecule has 2 aromatic rings. The van der Waals surface area contributed by atoms with Gasteiger partial charge in [-0.25, -0.2) is 0 Å². The largest absolute Gasteiger partial charge is 0.0630 e. The highest BCUT2D eigenvalue weighted by Gasteiger charge is 2.45. The summed E-state index contributed by atoms with van der Waals surface area (Å²) in [7, 11) is 0. The second-order valence-electron chi connectivity index (χ2n) is 14.2. The maximum atomic E-state index is 2.50. The molecule has 0 saturated heterocycles. The molecule has 0 heteroatoms. The molecule has 4 aliphatic carbocycles. The second kappa shape index (κ2) is 11.3. The molecular formula is C38H52. The fraction of sp³-hybridized carbons (Fsp3) is 0.632. The van der Waals surface area contributed by atoms with Crippen LogP contribution in [0, 0.1) is 49.4 Å². The lowest BCUT2D eigenvalue weighted by Crippen LogP contribution is -2.38. The zero-order valence-electron chi connectivity index (χ0n) is 24.7. The van der Waals surface area contributed by atoms with Crippen LogP contribution in [0.1, 0.15) is 125 Å². The highest BCUT2D eigenvalue weighted by molar-refractivity contribution is 5.46. The van der Waals surface area contributed by atoms with Crippen molar-refractivity contribution in [1.29, 1.82) is 0 Å². The molecule has 0 bridgehead atoms. The van der Waals surface area contributed by atoms with Crippen LogP contribution in [0.4, 0.5) is 0 Å². The molecule has 0 heterocycles. The molecule has 0 aromatic heterocycles. The van der Waals surface area contributed by atoms with Crippen LogP contribution in [0.5, 0.6) is 0 Å². The van der Waals surface area contributed by atoms with E-state index in [-0.39, 0.29) is 0 Å².